The number of carboxylic acid groups (broad SMARTS) is 1. The smallest absolute Gasteiger partial charge is 0.321 e. The molecule has 0 aromatic carbocycles. The van der Waals surface area contributed by atoms with Gasteiger partial charge in [-0.05, 0) is 32.2 Å². The maximum Gasteiger partial charge on any atom is 0.321 e. The SMILES string of the molecule is CN1C2CC[C@@H](C2)[C@H]1C(=O)O. The van der Waals surface area contributed by atoms with Gasteiger partial charge in [-0.25, -0.2) is 0 Å². The molecule has 1 aliphatic carbocycles. The minimum atomic E-state index is -0.639. The molecule has 1 heterocycles. The normalized spacial score (nSPS) is 43.2. The number of likely N-dealkylation sites (N-methyl/N-ethyl adjacent to an activating group) is 1. The summed E-state index contributed by atoms with van der Waals surface area (Å²) >= 11 is 0. The summed E-state index contributed by atoms with van der Waals surface area (Å²) in [6.07, 6.45) is 3.42. The third-order valence-electron chi connectivity index (χ3n) is 3.16. The van der Waals surface area contributed by atoms with E-state index in [0.717, 1.165) is 12.8 Å². The molecule has 3 heteroatoms. The third-order valence-corrected chi connectivity index (χ3v) is 3.16. The van der Waals surface area contributed by atoms with Gasteiger partial charge in [0.05, 0.1) is 0 Å². The van der Waals surface area contributed by atoms with Crippen LogP contribution in [0.3, 0.4) is 0 Å². The van der Waals surface area contributed by atoms with Gasteiger partial charge < -0.3 is 5.11 Å². The van der Waals surface area contributed by atoms with E-state index in [-0.39, 0.29) is 6.04 Å². The van der Waals surface area contributed by atoms with Gasteiger partial charge in [-0.2, -0.15) is 0 Å². The van der Waals surface area contributed by atoms with Crippen molar-refractivity contribution in [2.45, 2.75) is 31.3 Å². The zero-order valence-electron chi connectivity index (χ0n) is 6.66. The van der Waals surface area contributed by atoms with Crippen LogP contribution in [0.5, 0.6) is 0 Å². The number of likely N-dealkylation sites (tertiary alicyclic amines) is 1. The maximum atomic E-state index is 10.8. The molecule has 0 radical (unpaired) electrons. The lowest BCUT2D eigenvalue weighted by Gasteiger charge is -2.28. The standard InChI is InChI=1S/C8H13NO2/c1-9-6-3-2-5(4-6)7(9)8(10)11/h5-7H,2-4H2,1H3,(H,10,11)/t5-,6?,7-/m0/s1. The molecule has 3 atom stereocenters. The van der Waals surface area contributed by atoms with E-state index < -0.39 is 5.97 Å². The van der Waals surface area contributed by atoms with Gasteiger partial charge in [0.1, 0.15) is 6.04 Å². The lowest BCUT2D eigenvalue weighted by molar-refractivity contribution is -0.144. The molecule has 1 unspecified atom stereocenters. The summed E-state index contributed by atoms with van der Waals surface area (Å²) in [5.74, 6) is -0.206. The molecular formula is C8H13NO2. The summed E-state index contributed by atoms with van der Waals surface area (Å²) in [4.78, 5) is 12.8. The van der Waals surface area contributed by atoms with Gasteiger partial charge in [-0.15, -0.1) is 0 Å². The van der Waals surface area contributed by atoms with Crippen molar-refractivity contribution >= 4 is 5.97 Å². The molecule has 0 aromatic rings. The van der Waals surface area contributed by atoms with Crippen molar-refractivity contribution in [3.8, 4) is 0 Å². The fourth-order valence-electron chi connectivity index (χ4n) is 2.58. The fourth-order valence-corrected chi connectivity index (χ4v) is 2.58. The molecule has 2 bridgehead atoms. The molecule has 1 N–H and O–H groups in total. The summed E-state index contributed by atoms with van der Waals surface area (Å²) in [6.45, 7) is 0. The molecule has 1 saturated heterocycles. The Morgan fingerprint density at radius 3 is 2.64 bits per heavy atom. The average molecular weight is 155 g/mol. The second-order valence-electron chi connectivity index (χ2n) is 3.68. The Bertz CT molecular complexity index is 191. The number of hydrogen-bond donors (Lipinski definition) is 1. The molecule has 3 nitrogen and oxygen atoms in total. The van der Waals surface area contributed by atoms with Gasteiger partial charge >= 0.3 is 5.97 Å². The molecule has 0 spiro atoms. The second-order valence-corrected chi connectivity index (χ2v) is 3.68. The number of carbonyl (C=O) groups is 1. The van der Waals surface area contributed by atoms with Gasteiger partial charge in [0, 0.05) is 6.04 Å². The Labute approximate surface area is 66.0 Å². The highest BCUT2D eigenvalue weighted by atomic mass is 16.4. The molecule has 62 valence electrons. The Kier molecular flexibility index (Phi) is 1.42. The van der Waals surface area contributed by atoms with Crippen molar-refractivity contribution in [3.63, 3.8) is 0 Å². The summed E-state index contributed by atoms with van der Waals surface area (Å²) in [5.41, 5.74) is 0. The lowest BCUT2D eigenvalue weighted by atomic mass is 9.99. The topological polar surface area (TPSA) is 40.5 Å². The van der Waals surface area contributed by atoms with Crippen LogP contribution in [0.4, 0.5) is 0 Å². The van der Waals surface area contributed by atoms with E-state index in [9.17, 15) is 4.79 Å². The van der Waals surface area contributed by atoms with E-state index in [4.69, 9.17) is 5.11 Å². The number of aliphatic carboxylic acids is 1. The van der Waals surface area contributed by atoms with Gasteiger partial charge in [0.25, 0.3) is 0 Å². The Balaban J connectivity index is 2.17. The van der Waals surface area contributed by atoms with E-state index in [2.05, 4.69) is 0 Å². The van der Waals surface area contributed by atoms with Gasteiger partial charge in [-0.3, -0.25) is 9.69 Å². The van der Waals surface area contributed by atoms with Gasteiger partial charge in [-0.1, -0.05) is 0 Å². The molecule has 2 fully saturated rings. The summed E-state index contributed by atoms with van der Waals surface area (Å²) < 4.78 is 0. The van der Waals surface area contributed by atoms with E-state index in [1.807, 2.05) is 11.9 Å². The zero-order chi connectivity index (χ0) is 8.01. The van der Waals surface area contributed by atoms with Crippen LogP contribution >= 0.6 is 0 Å². The van der Waals surface area contributed by atoms with Crippen molar-refractivity contribution in [3.05, 3.63) is 0 Å². The van der Waals surface area contributed by atoms with Crippen LogP contribution in [0.2, 0.25) is 0 Å². The molecule has 2 rings (SSSR count). The monoisotopic (exact) mass is 155 g/mol. The van der Waals surface area contributed by atoms with Crippen molar-refractivity contribution in [2.24, 2.45) is 5.92 Å². The summed E-state index contributed by atoms with van der Waals surface area (Å²) in [7, 11) is 1.93. The first-order valence-electron chi connectivity index (χ1n) is 4.15. The minimum Gasteiger partial charge on any atom is -0.480 e. The summed E-state index contributed by atoms with van der Waals surface area (Å²) in [6, 6.07) is 0.370. The Morgan fingerprint density at radius 1 is 1.55 bits per heavy atom. The molecular weight excluding hydrogens is 142 g/mol. The highest BCUT2D eigenvalue weighted by Crippen LogP contribution is 2.41. The van der Waals surface area contributed by atoms with Crippen LogP contribution < -0.4 is 0 Å². The van der Waals surface area contributed by atoms with Gasteiger partial charge in [0.2, 0.25) is 0 Å². The number of nitrogens with zero attached hydrogens (tertiary/aromatic N) is 1. The van der Waals surface area contributed by atoms with Crippen LogP contribution in [0.15, 0.2) is 0 Å². The highest BCUT2D eigenvalue weighted by molar-refractivity contribution is 5.74. The maximum absolute atomic E-state index is 10.8. The van der Waals surface area contributed by atoms with E-state index in [1.165, 1.54) is 6.42 Å². The van der Waals surface area contributed by atoms with Crippen molar-refractivity contribution in [1.82, 2.24) is 4.90 Å². The van der Waals surface area contributed by atoms with Crippen molar-refractivity contribution in [2.75, 3.05) is 7.05 Å². The largest absolute Gasteiger partial charge is 0.480 e. The second kappa shape index (κ2) is 2.21. The average Bonchev–Trinajstić information content (AvgIpc) is 2.44. The molecule has 0 aromatic heterocycles. The highest BCUT2D eigenvalue weighted by Gasteiger charge is 2.47. The zero-order valence-corrected chi connectivity index (χ0v) is 6.66. The fraction of sp³-hybridized carbons (Fsp3) is 0.875. The molecule has 11 heavy (non-hydrogen) atoms. The predicted molar refractivity (Wildman–Crippen MR) is 40.3 cm³/mol. The number of hydrogen-bond acceptors (Lipinski definition) is 2. The van der Waals surface area contributed by atoms with E-state index in [1.54, 1.807) is 0 Å². The number of fused-ring (bicyclic) bond motifs is 2. The number of piperidine rings is 1. The van der Waals surface area contributed by atoms with E-state index in [0.29, 0.717) is 12.0 Å². The van der Waals surface area contributed by atoms with Crippen molar-refractivity contribution < 1.29 is 9.90 Å². The minimum absolute atomic E-state index is 0.186. The van der Waals surface area contributed by atoms with Crippen LogP contribution in [0.25, 0.3) is 0 Å². The van der Waals surface area contributed by atoms with Crippen LogP contribution in [-0.4, -0.2) is 35.1 Å². The van der Waals surface area contributed by atoms with Crippen LogP contribution in [-0.2, 0) is 4.79 Å². The number of carboxylic acids is 1. The Hall–Kier alpha value is -0.570. The molecule has 1 aliphatic heterocycles. The molecule has 0 amide bonds. The first-order chi connectivity index (χ1) is 5.20. The molecule has 1 saturated carbocycles. The van der Waals surface area contributed by atoms with Crippen molar-refractivity contribution in [1.29, 1.82) is 0 Å². The van der Waals surface area contributed by atoms with E-state index >= 15 is 0 Å². The lowest BCUT2D eigenvalue weighted by Crippen LogP contribution is -2.42. The first kappa shape index (κ1) is 7.10. The first-order valence-corrected chi connectivity index (χ1v) is 4.15. The van der Waals surface area contributed by atoms with Gasteiger partial charge in [0.15, 0.2) is 0 Å². The number of rotatable bonds is 1. The van der Waals surface area contributed by atoms with Crippen LogP contribution in [0, 0.1) is 5.92 Å². The van der Waals surface area contributed by atoms with Crippen LogP contribution in [0.1, 0.15) is 19.3 Å². The summed E-state index contributed by atoms with van der Waals surface area (Å²) in [5, 5.41) is 8.86. The Morgan fingerprint density at radius 2 is 2.27 bits per heavy atom. The predicted octanol–water partition coefficient (Wildman–Crippen LogP) is 0.554. The quantitative estimate of drug-likeness (QED) is 0.601. The third kappa shape index (κ3) is 0.872. The molecule has 2 aliphatic rings.